The fraction of sp³-hybridized carbons (Fsp3) is 0.500. The number of hydrogen-bond acceptors (Lipinski definition) is 3. The second kappa shape index (κ2) is 8.25. The van der Waals surface area contributed by atoms with Crippen LogP contribution in [-0.4, -0.2) is 24.1 Å². The van der Waals surface area contributed by atoms with Crippen LogP contribution in [0.4, 0.5) is 5.69 Å². The summed E-state index contributed by atoms with van der Waals surface area (Å²) in [4.78, 5) is 0. The largest absolute Gasteiger partial charge is 0.381 e. The Balaban J connectivity index is 2.51. The number of halogens is 2. The van der Waals surface area contributed by atoms with Crippen molar-refractivity contribution in [2.45, 2.75) is 19.4 Å². The molecular formula is C12H18BrClN2S. The zero-order valence-corrected chi connectivity index (χ0v) is 13.0. The number of rotatable bonds is 7. The molecule has 17 heavy (non-hydrogen) atoms. The topological polar surface area (TPSA) is 38.0 Å². The number of benzene rings is 1. The van der Waals surface area contributed by atoms with E-state index in [9.17, 15) is 0 Å². The van der Waals surface area contributed by atoms with Gasteiger partial charge in [-0.3, -0.25) is 0 Å². The summed E-state index contributed by atoms with van der Waals surface area (Å²) in [6.07, 6.45) is 1.08. The number of nitrogens with one attached hydrogen (secondary N) is 1. The summed E-state index contributed by atoms with van der Waals surface area (Å²) in [5.41, 5.74) is 6.82. The average molecular weight is 338 g/mol. The second-order valence-corrected chi connectivity index (χ2v) is 6.35. The van der Waals surface area contributed by atoms with Crippen molar-refractivity contribution < 1.29 is 0 Å². The maximum absolute atomic E-state index is 5.95. The summed E-state index contributed by atoms with van der Waals surface area (Å²) < 4.78 is 0.905. The van der Waals surface area contributed by atoms with Gasteiger partial charge in [-0.2, -0.15) is 11.8 Å². The molecule has 0 aliphatic heterocycles. The zero-order chi connectivity index (χ0) is 12.7. The van der Waals surface area contributed by atoms with Crippen molar-refractivity contribution >= 4 is 45.0 Å². The van der Waals surface area contributed by atoms with E-state index in [0.717, 1.165) is 33.1 Å². The van der Waals surface area contributed by atoms with E-state index in [0.29, 0.717) is 12.6 Å². The highest BCUT2D eigenvalue weighted by Crippen LogP contribution is 2.26. The SMILES string of the molecule is CCSCCC(CN)Nc1ccc(Cl)c(Br)c1. The lowest BCUT2D eigenvalue weighted by Gasteiger charge is -2.18. The lowest BCUT2D eigenvalue weighted by molar-refractivity contribution is 0.709. The molecule has 0 saturated carbocycles. The highest BCUT2D eigenvalue weighted by molar-refractivity contribution is 9.10. The van der Waals surface area contributed by atoms with Crippen LogP contribution in [0.15, 0.2) is 22.7 Å². The first-order valence-corrected chi connectivity index (χ1v) is 7.99. The first-order valence-electron chi connectivity index (χ1n) is 5.66. The Morgan fingerprint density at radius 1 is 1.53 bits per heavy atom. The lowest BCUT2D eigenvalue weighted by atomic mass is 10.2. The van der Waals surface area contributed by atoms with Crippen LogP contribution in [0.25, 0.3) is 0 Å². The highest BCUT2D eigenvalue weighted by Gasteiger charge is 2.07. The van der Waals surface area contributed by atoms with Crippen molar-refractivity contribution in [2.24, 2.45) is 5.73 Å². The molecule has 0 spiro atoms. The van der Waals surface area contributed by atoms with Gasteiger partial charge >= 0.3 is 0 Å². The Morgan fingerprint density at radius 3 is 2.88 bits per heavy atom. The zero-order valence-electron chi connectivity index (χ0n) is 9.88. The van der Waals surface area contributed by atoms with E-state index < -0.39 is 0 Å². The van der Waals surface area contributed by atoms with Gasteiger partial charge in [0.05, 0.1) is 5.02 Å². The van der Waals surface area contributed by atoms with Crippen molar-refractivity contribution in [3.05, 3.63) is 27.7 Å². The quantitative estimate of drug-likeness (QED) is 0.739. The lowest BCUT2D eigenvalue weighted by Crippen LogP contribution is -2.29. The molecule has 1 aromatic carbocycles. The van der Waals surface area contributed by atoms with Gasteiger partial charge in [0.2, 0.25) is 0 Å². The molecule has 0 aliphatic carbocycles. The Morgan fingerprint density at radius 2 is 2.29 bits per heavy atom. The average Bonchev–Trinajstić information content (AvgIpc) is 2.32. The third-order valence-electron chi connectivity index (χ3n) is 2.39. The second-order valence-electron chi connectivity index (χ2n) is 3.69. The van der Waals surface area contributed by atoms with Crippen LogP contribution in [-0.2, 0) is 0 Å². The van der Waals surface area contributed by atoms with Gasteiger partial charge in [0.1, 0.15) is 0 Å². The fourth-order valence-electron chi connectivity index (χ4n) is 1.44. The van der Waals surface area contributed by atoms with Gasteiger partial charge in [-0.15, -0.1) is 0 Å². The summed E-state index contributed by atoms with van der Waals surface area (Å²) >= 11 is 11.3. The number of nitrogens with two attached hydrogens (primary N) is 1. The Labute approximate surface area is 121 Å². The molecule has 0 bridgehead atoms. The van der Waals surface area contributed by atoms with Crippen molar-refractivity contribution in [1.29, 1.82) is 0 Å². The third kappa shape index (κ3) is 5.51. The van der Waals surface area contributed by atoms with Crippen LogP contribution >= 0.6 is 39.3 Å². The standard InChI is InChI=1S/C12H18BrClN2S/c1-2-17-6-5-10(8-15)16-9-3-4-12(14)11(13)7-9/h3-4,7,10,16H,2,5-6,8,15H2,1H3. The molecule has 0 saturated heterocycles. The highest BCUT2D eigenvalue weighted by atomic mass is 79.9. The first-order chi connectivity index (χ1) is 8.17. The molecule has 3 N–H and O–H groups in total. The molecule has 1 rings (SSSR count). The van der Waals surface area contributed by atoms with E-state index in [4.69, 9.17) is 17.3 Å². The van der Waals surface area contributed by atoms with Gasteiger partial charge in [0.15, 0.2) is 0 Å². The van der Waals surface area contributed by atoms with E-state index in [1.807, 2.05) is 30.0 Å². The first kappa shape index (κ1) is 15.2. The van der Waals surface area contributed by atoms with E-state index in [2.05, 4.69) is 28.2 Å². The van der Waals surface area contributed by atoms with Gasteiger partial charge in [-0.1, -0.05) is 18.5 Å². The van der Waals surface area contributed by atoms with E-state index in [1.165, 1.54) is 0 Å². The van der Waals surface area contributed by atoms with Gasteiger partial charge in [-0.25, -0.2) is 0 Å². The Hall–Kier alpha value is 0.1000. The minimum atomic E-state index is 0.321. The number of anilines is 1. The van der Waals surface area contributed by atoms with Crippen molar-refractivity contribution in [2.75, 3.05) is 23.4 Å². The molecule has 0 radical (unpaired) electrons. The summed E-state index contributed by atoms with van der Waals surface area (Å²) in [5, 5.41) is 4.15. The van der Waals surface area contributed by atoms with E-state index in [1.54, 1.807) is 0 Å². The minimum absolute atomic E-state index is 0.321. The van der Waals surface area contributed by atoms with Gasteiger partial charge in [-0.05, 0) is 52.1 Å². The van der Waals surface area contributed by atoms with Crippen LogP contribution < -0.4 is 11.1 Å². The van der Waals surface area contributed by atoms with E-state index >= 15 is 0 Å². The molecule has 0 amide bonds. The summed E-state index contributed by atoms with van der Waals surface area (Å²) in [6, 6.07) is 6.16. The maximum atomic E-state index is 5.95. The smallest absolute Gasteiger partial charge is 0.0549 e. The molecule has 0 fully saturated rings. The van der Waals surface area contributed by atoms with Gasteiger partial charge in [0, 0.05) is 22.7 Å². The molecule has 2 nitrogen and oxygen atoms in total. The Kier molecular flexibility index (Phi) is 7.35. The van der Waals surface area contributed by atoms with Crippen LogP contribution in [0.2, 0.25) is 5.02 Å². The minimum Gasteiger partial charge on any atom is -0.381 e. The predicted octanol–water partition coefficient (Wildman–Crippen LogP) is 3.98. The monoisotopic (exact) mass is 336 g/mol. The molecule has 0 heterocycles. The normalized spacial score (nSPS) is 12.5. The molecule has 96 valence electrons. The number of hydrogen-bond donors (Lipinski definition) is 2. The van der Waals surface area contributed by atoms with Crippen LogP contribution in [0, 0.1) is 0 Å². The summed E-state index contributed by atoms with van der Waals surface area (Å²) in [7, 11) is 0. The van der Waals surface area contributed by atoms with E-state index in [-0.39, 0.29) is 0 Å². The van der Waals surface area contributed by atoms with Crippen molar-refractivity contribution in [3.63, 3.8) is 0 Å². The fourth-order valence-corrected chi connectivity index (χ4v) is 2.68. The van der Waals surface area contributed by atoms with Crippen LogP contribution in [0.1, 0.15) is 13.3 Å². The van der Waals surface area contributed by atoms with Crippen LogP contribution in [0.5, 0.6) is 0 Å². The summed E-state index contributed by atoms with van der Waals surface area (Å²) in [6.45, 7) is 2.82. The molecular weight excluding hydrogens is 320 g/mol. The van der Waals surface area contributed by atoms with Crippen molar-refractivity contribution in [3.8, 4) is 0 Å². The van der Waals surface area contributed by atoms with Gasteiger partial charge < -0.3 is 11.1 Å². The van der Waals surface area contributed by atoms with Gasteiger partial charge in [0.25, 0.3) is 0 Å². The third-order valence-corrected chi connectivity index (χ3v) is 4.54. The Bertz CT molecular complexity index is 349. The predicted molar refractivity (Wildman–Crippen MR) is 83.2 cm³/mol. The van der Waals surface area contributed by atoms with Crippen molar-refractivity contribution in [1.82, 2.24) is 0 Å². The molecule has 1 unspecified atom stereocenters. The molecule has 1 aromatic rings. The van der Waals surface area contributed by atoms with Crippen LogP contribution in [0.3, 0.4) is 0 Å². The molecule has 1 atom stereocenters. The maximum Gasteiger partial charge on any atom is 0.0549 e. The molecule has 0 aliphatic rings. The summed E-state index contributed by atoms with van der Waals surface area (Å²) in [5.74, 6) is 2.30. The molecule has 0 aromatic heterocycles. The number of thioether (sulfide) groups is 1. The molecule has 5 heteroatoms.